The Morgan fingerprint density at radius 3 is 2.00 bits per heavy atom. The second kappa shape index (κ2) is 32.9. The van der Waals surface area contributed by atoms with E-state index in [1.165, 1.54) is 6.42 Å². The number of rotatable bonds is 12. The normalized spacial score (nSPS) is 9.43. The minimum absolute atomic E-state index is 0.0205. The lowest BCUT2D eigenvalue weighted by atomic mass is 10.2. The lowest BCUT2D eigenvalue weighted by molar-refractivity contribution is -0.144. The van der Waals surface area contributed by atoms with Gasteiger partial charge in [0.25, 0.3) is 0 Å². The molecule has 1 aromatic rings. The van der Waals surface area contributed by atoms with Gasteiger partial charge in [-0.25, -0.2) is 4.79 Å². The second-order valence-corrected chi connectivity index (χ2v) is 7.11. The van der Waals surface area contributed by atoms with Crippen molar-refractivity contribution >= 4 is 30.0 Å². The molecule has 4 amide bonds. The predicted octanol–water partition coefficient (Wildman–Crippen LogP) is 4.34. The Morgan fingerprint density at radius 1 is 1.03 bits per heavy atom. The van der Waals surface area contributed by atoms with Crippen LogP contribution in [0, 0.1) is 0 Å². The minimum atomic E-state index is -0.512. The van der Waals surface area contributed by atoms with Gasteiger partial charge in [0.1, 0.15) is 6.61 Å². The predicted molar refractivity (Wildman–Crippen MR) is 153 cm³/mol. The van der Waals surface area contributed by atoms with Crippen LogP contribution in [-0.4, -0.2) is 50.5 Å². The first-order valence-electron chi connectivity index (χ1n) is 13.2. The Kier molecular flexibility index (Phi) is 36.4. The van der Waals surface area contributed by atoms with Crippen molar-refractivity contribution in [3.8, 4) is 0 Å². The molecule has 0 saturated carbocycles. The number of primary amides is 1. The summed E-state index contributed by atoms with van der Waals surface area (Å²) in [5, 5.41) is 10.6. The summed E-state index contributed by atoms with van der Waals surface area (Å²) in [7, 11) is 1.72. The summed E-state index contributed by atoms with van der Waals surface area (Å²) >= 11 is 0. The van der Waals surface area contributed by atoms with Crippen LogP contribution in [0.15, 0.2) is 24.3 Å². The number of nitrogens with one attached hydrogen (secondary N) is 4. The van der Waals surface area contributed by atoms with E-state index in [2.05, 4.69) is 35.1 Å². The molecule has 1 unspecified atom stereocenters. The number of urea groups is 1. The molecule has 0 fully saturated rings. The molecule has 0 saturated heterocycles. The number of amides is 4. The van der Waals surface area contributed by atoms with E-state index in [9.17, 15) is 19.2 Å². The SMILES string of the molecule is CC.CC.CCC.CCC(=O)OCc1ccc(NC=O)cc1.CNCC(=O)NC(C)CCCNC(N)=O. The van der Waals surface area contributed by atoms with Gasteiger partial charge in [-0.05, 0) is 44.5 Å². The summed E-state index contributed by atoms with van der Waals surface area (Å²) in [5.74, 6) is -0.238. The number of carbonyl (C=O) groups excluding carboxylic acids is 4. The number of likely N-dealkylation sites (N-methyl/N-ethyl adjacent to an activating group) is 1. The van der Waals surface area contributed by atoms with Crippen LogP contribution in [0.25, 0.3) is 0 Å². The molecule has 1 rings (SSSR count). The van der Waals surface area contributed by atoms with E-state index in [4.69, 9.17) is 10.5 Å². The van der Waals surface area contributed by atoms with Crippen LogP contribution in [0.3, 0.4) is 0 Å². The lowest BCUT2D eigenvalue weighted by Crippen LogP contribution is -2.38. The Morgan fingerprint density at radius 2 is 1.57 bits per heavy atom. The van der Waals surface area contributed by atoms with E-state index in [-0.39, 0.29) is 24.5 Å². The fraction of sp³-hybridized carbons (Fsp3) is 0.630. The molecule has 216 valence electrons. The average molecular weight is 528 g/mol. The van der Waals surface area contributed by atoms with Crippen LogP contribution in [0.1, 0.15) is 86.6 Å². The van der Waals surface area contributed by atoms with Crippen molar-refractivity contribution in [3.05, 3.63) is 29.8 Å². The van der Waals surface area contributed by atoms with Gasteiger partial charge < -0.3 is 31.7 Å². The molecule has 0 aliphatic rings. The molecular weight excluding hydrogens is 474 g/mol. The van der Waals surface area contributed by atoms with Crippen LogP contribution in [0.4, 0.5) is 10.5 Å². The van der Waals surface area contributed by atoms with Crippen LogP contribution >= 0.6 is 0 Å². The van der Waals surface area contributed by atoms with Crippen LogP contribution in [0.5, 0.6) is 0 Å². The van der Waals surface area contributed by atoms with Gasteiger partial charge in [0.15, 0.2) is 0 Å². The van der Waals surface area contributed by atoms with Crippen molar-refractivity contribution in [1.29, 1.82) is 0 Å². The zero-order chi connectivity index (χ0) is 29.5. The molecule has 0 aliphatic carbocycles. The number of benzene rings is 1. The zero-order valence-electron chi connectivity index (χ0n) is 24.5. The second-order valence-electron chi connectivity index (χ2n) is 7.11. The van der Waals surface area contributed by atoms with Crippen LogP contribution in [0.2, 0.25) is 0 Å². The molecule has 6 N–H and O–H groups in total. The number of nitrogens with two attached hydrogens (primary N) is 1. The molecule has 1 atom stereocenters. The highest BCUT2D eigenvalue weighted by Gasteiger charge is 2.05. The first kappa shape index (κ1) is 41.0. The maximum Gasteiger partial charge on any atom is 0.312 e. The van der Waals surface area contributed by atoms with Gasteiger partial charge >= 0.3 is 12.0 Å². The Bertz CT molecular complexity index is 670. The van der Waals surface area contributed by atoms with Gasteiger partial charge in [-0.2, -0.15) is 0 Å². The molecular formula is C27H53N5O5. The quantitative estimate of drug-likeness (QED) is 0.155. The molecule has 10 heteroatoms. The smallest absolute Gasteiger partial charge is 0.312 e. The number of ether oxygens (including phenoxy) is 1. The monoisotopic (exact) mass is 527 g/mol. The van der Waals surface area contributed by atoms with Crippen LogP contribution < -0.4 is 27.0 Å². The number of carbonyl (C=O) groups is 4. The van der Waals surface area contributed by atoms with Gasteiger partial charge in [0, 0.05) is 24.7 Å². The number of esters is 1. The lowest BCUT2D eigenvalue weighted by Gasteiger charge is -2.13. The van der Waals surface area contributed by atoms with E-state index >= 15 is 0 Å². The third-order valence-corrected chi connectivity index (χ3v) is 3.73. The minimum Gasteiger partial charge on any atom is -0.461 e. The molecule has 0 heterocycles. The van der Waals surface area contributed by atoms with E-state index < -0.39 is 6.03 Å². The van der Waals surface area contributed by atoms with Crippen molar-refractivity contribution in [2.24, 2.45) is 5.73 Å². The Labute approximate surface area is 224 Å². The average Bonchev–Trinajstić information content (AvgIpc) is 2.89. The first-order chi connectivity index (χ1) is 17.7. The Balaban J connectivity index is -0.000000237. The van der Waals surface area contributed by atoms with Gasteiger partial charge in [-0.3, -0.25) is 14.4 Å². The highest BCUT2D eigenvalue weighted by atomic mass is 16.5. The summed E-state index contributed by atoms with van der Waals surface area (Å²) in [6, 6.07) is 6.71. The molecule has 0 bridgehead atoms. The molecule has 0 aliphatic heterocycles. The summed E-state index contributed by atoms with van der Waals surface area (Å²) in [6.45, 7) is 17.1. The van der Waals surface area contributed by atoms with Crippen molar-refractivity contribution in [2.75, 3.05) is 25.5 Å². The number of hydrogen-bond acceptors (Lipinski definition) is 6. The maximum atomic E-state index is 11.1. The summed E-state index contributed by atoms with van der Waals surface area (Å²) in [4.78, 5) is 42.5. The molecule has 1 aromatic carbocycles. The highest BCUT2D eigenvalue weighted by Crippen LogP contribution is 2.09. The van der Waals surface area contributed by atoms with Crippen molar-refractivity contribution < 1.29 is 23.9 Å². The number of hydrogen-bond donors (Lipinski definition) is 5. The fourth-order valence-electron chi connectivity index (χ4n) is 2.21. The summed E-state index contributed by atoms with van der Waals surface area (Å²) in [5.41, 5.74) is 6.52. The Hall–Kier alpha value is -3.14. The summed E-state index contributed by atoms with van der Waals surface area (Å²) in [6.07, 6.45) is 3.86. The van der Waals surface area contributed by atoms with E-state index in [1.807, 2.05) is 34.6 Å². The maximum absolute atomic E-state index is 11.1. The van der Waals surface area contributed by atoms with Gasteiger partial charge in [-0.1, -0.05) is 67.0 Å². The highest BCUT2D eigenvalue weighted by molar-refractivity contribution is 5.78. The largest absolute Gasteiger partial charge is 0.461 e. The van der Waals surface area contributed by atoms with E-state index in [0.717, 1.165) is 24.1 Å². The van der Waals surface area contributed by atoms with Gasteiger partial charge in [0.05, 0.1) is 6.54 Å². The third-order valence-electron chi connectivity index (χ3n) is 3.73. The molecule has 10 nitrogen and oxygen atoms in total. The van der Waals surface area contributed by atoms with Crippen molar-refractivity contribution in [2.45, 2.75) is 93.7 Å². The third kappa shape index (κ3) is 32.9. The van der Waals surface area contributed by atoms with Crippen LogP contribution in [-0.2, 0) is 25.7 Å². The number of anilines is 1. The molecule has 0 aromatic heterocycles. The zero-order valence-corrected chi connectivity index (χ0v) is 24.5. The molecule has 0 spiro atoms. The first-order valence-corrected chi connectivity index (χ1v) is 13.2. The van der Waals surface area contributed by atoms with E-state index in [1.54, 1.807) is 38.2 Å². The molecule has 37 heavy (non-hydrogen) atoms. The standard InChI is InChI=1S/C11H13NO3.C9H20N4O2.C3H8.2C2H6/c1-2-11(14)15-7-9-3-5-10(6-4-9)12-8-13;1-7(13-8(14)6-11-2)4-3-5-12-9(10)15;1-3-2;2*1-2/h3-6,8H,2,7H2,1H3,(H,12,13);7,11H,3-6H2,1-2H3,(H,13,14)(H3,10,12,15);3H2,1-2H3;2*1-2H3. The fourth-order valence-corrected chi connectivity index (χ4v) is 2.21. The topological polar surface area (TPSA) is 152 Å². The van der Waals surface area contributed by atoms with Crippen molar-refractivity contribution in [1.82, 2.24) is 16.0 Å². The van der Waals surface area contributed by atoms with Crippen molar-refractivity contribution in [3.63, 3.8) is 0 Å². The van der Waals surface area contributed by atoms with Gasteiger partial charge in [-0.15, -0.1) is 0 Å². The van der Waals surface area contributed by atoms with Gasteiger partial charge in [0.2, 0.25) is 12.3 Å². The molecule has 0 radical (unpaired) electrons. The summed E-state index contributed by atoms with van der Waals surface area (Å²) < 4.78 is 4.95. The van der Waals surface area contributed by atoms with E-state index in [0.29, 0.717) is 25.9 Å².